The number of urea groups is 1. The van der Waals surface area contributed by atoms with Crippen LogP contribution in [0.25, 0.3) is 0 Å². The van der Waals surface area contributed by atoms with Crippen LogP contribution >= 0.6 is 12.4 Å². The van der Waals surface area contributed by atoms with E-state index < -0.39 is 30.0 Å². The van der Waals surface area contributed by atoms with E-state index in [1.807, 2.05) is 0 Å². The van der Waals surface area contributed by atoms with Crippen molar-refractivity contribution in [3.8, 4) is 0 Å². The zero-order chi connectivity index (χ0) is 17.2. The lowest BCUT2D eigenvalue weighted by molar-refractivity contribution is -0.142. The third kappa shape index (κ3) is 3.48. The smallest absolute Gasteiger partial charge is 0.325 e. The van der Waals surface area contributed by atoms with Gasteiger partial charge in [0.1, 0.15) is 12.1 Å². The molecule has 1 saturated heterocycles. The molecule has 0 aliphatic carbocycles. The number of nitrogens with one attached hydrogen (secondary N) is 2. The first-order valence-corrected chi connectivity index (χ1v) is 6.97. The van der Waals surface area contributed by atoms with Gasteiger partial charge >= 0.3 is 12.0 Å². The zero-order valence-electron chi connectivity index (χ0n) is 13.2. The Labute approximate surface area is 144 Å². The number of carboxylic acids is 1. The molecule has 130 valence electrons. The third-order valence-electron chi connectivity index (χ3n) is 3.58. The van der Waals surface area contributed by atoms with Gasteiger partial charge in [-0.1, -0.05) is 12.1 Å². The highest BCUT2D eigenvalue weighted by molar-refractivity contribution is 6.08. The van der Waals surface area contributed by atoms with Crippen molar-refractivity contribution >= 4 is 36.2 Å². The Balaban J connectivity index is 0.00000288. The molecule has 1 aromatic carbocycles. The molecule has 1 fully saturated rings. The molecular formula is C15H18ClN3O5. The van der Waals surface area contributed by atoms with Crippen molar-refractivity contribution in [1.82, 2.24) is 10.2 Å². The largest absolute Gasteiger partial charge is 0.480 e. The van der Waals surface area contributed by atoms with E-state index in [0.717, 1.165) is 0 Å². The number of amides is 3. The van der Waals surface area contributed by atoms with Crippen LogP contribution in [-0.4, -0.2) is 47.0 Å². The van der Waals surface area contributed by atoms with Crippen molar-refractivity contribution in [3.63, 3.8) is 0 Å². The second kappa shape index (κ2) is 7.31. The van der Waals surface area contributed by atoms with E-state index in [2.05, 4.69) is 5.32 Å². The van der Waals surface area contributed by atoms with Gasteiger partial charge in [-0.25, -0.2) is 4.79 Å². The van der Waals surface area contributed by atoms with Gasteiger partial charge in [-0.2, -0.15) is 0 Å². The fraction of sp³-hybridized carbons (Fsp3) is 0.333. The molecule has 24 heavy (non-hydrogen) atoms. The molecule has 3 amide bonds. The number of carbonyl (C=O) groups is 3. The van der Waals surface area contributed by atoms with Crippen LogP contribution in [-0.2, 0) is 19.9 Å². The highest BCUT2D eigenvalue weighted by Crippen LogP contribution is 2.28. The fourth-order valence-electron chi connectivity index (χ4n) is 2.35. The molecule has 9 heteroatoms. The van der Waals surface area contributed by atoms with Crippen LogP contribution in [0, 0.1) is 5.41 Å². The van der Waals surface area contributed by atoms with Crippen molar-refractivity contribution in [2.24, 2.45) is 0 Å². The van der Waals surface area contributed by atoms with Crippen LogP contribution in [0.1, 0.15) is 25.0 Å². The first-order chi connectivity index (χ1) is 10.8. The standard InChI is InChI=1S/C15H17N3O5.ClH/c1-3-23-12(16)9-4-6-10(7-5-9)15(2)13(21)18(8-11(19)20)14(22)17-15;/h4-7,16H,3,8H2,1-2H3,(H,17,22)(H,19,20);1H. The number of carbonyl (C=O) groups excluding carboxylic acids is 2. The highest BCUT2D eigenvalue weighted by Gasteiger charge is 2.49. The first-order valence-electron chi connectivity index (χ1n) is 6.97. The van der Waals surface area contributed by atoms with Crippen LogP contribution in [0.3, 0.4) is 0 Å². The Morgan fingerprint density at radius 3 is 2.42 bits per heavy atom. The molecule has 3 N–H and O–H groups in total. The van der Waals surface area contributed by atoms with Gasteiger partial charge < -0.3 is 15.2 Å². The normalized spacial score (nSPS) is 19.5. The Bertz CT molecular complexity index is 676. The van der Waals surface area contributed by atoms with Gasteiger partial charge in [0.05, 0.1) is 6.61 Å². The summed E-state index contributed by atoms with van der Waals surface area (Å²) in [6.07, 6.45) is 0. The minimum absolute atomic E-state index is 0. The number of hydrogen-bond donors (Lipinski definition) is 3. The van der Waals surface area contributed by atoms with Crippen LogP contribution in [0.15, 0.2) is 24.3 Å². The highest BCUT2D eigenvalue weighted by atomic mass is 35.5. The Hall–Kier alpha value is -2.61. The minimum atomic E-state index is -1.33. The number of ether oxygens (including phenoxy) is 1. The number of imide groups is 1. The summed E-state index contributed by atoms with van der Waals surface area (Å²) >= 11 is 0. The van der Waals surface area contributed by atoms with E-state index in [4.69, 9.17) is 15.3 Å². The summed E-state index contributed by atoms with van der Waals surface area (Å²) in [6, 6.07) is 5.68. The SMILES string of the molecule is CCOC(=N)c1ccc(C2(C)NC(=O)N(CC(=O)O)C2=O)cc1.Cl. The summed E-state index contributed by atoms with van der Waals surface area (Å²) in [6.45, 7) is 2.97. The maximum absolute atomic E-state index is 12.4. The van der Waals surface area contributed by atoms with Gasteiger partial charge in [0.2, 0.25) is 5.90 Å². The van der Waals surface area contributed by atoms with Gasteiger partial charge in [0, 0.05) is 5.56 Å². The second-order valence-electron chi connectivity index (χ2n) is 5.18. The van der Waals surface area contributed by atoms with Crippen LogP contribution in [0.4, 0.5) is 4.79 Å². The molecule has 0 aromatic heterocycles. The molecule has 1 aromatic rings. The molecule has 8 nitrogen and oxygen atoms in total. The van der Waals surface area contributed by atoms with Crippen molar-refractivity contribution in [2.45, 2.75) is 19.4 Å². The lowest BCUT2D eigenvalue weighted by Gasteiger charge is -2.22. The predicted octanol–water partition coefficient (Wildman–Crippen LogP) is 1.32. The molecule has 1 atom stereocenters. The van der Waals surface area contributed by atoms with E-state index in [1.54, 1.807) is 31.2 Å². The summed E-state index contributed by atoms with van der Waals surface area (Å²) in [5, 5.41) is 19.0. The Morgan fingerprint density at radius 2 is 1.92 bits per heavy atom. The lowest BCUT2D eigenvalue weighted by Crippen LogP contribution is -2.41. The van der Waals surface area contributed by atoms with E-state index in [1.165, 1.54) is 6.92 Å². The average Bonchev–Trinajstić information content (AvgIpc) is 2.72. The van der Waals surface area contributed by atoms with Crippen molar-refractivity contribution in [2.75, 3.05) is 13.2 Å². The minimum Gasteiger partial charge on any atom is -0.480 e. The van der Waals surface area contributed by atoms with Gasteiger partial charge in [-0.15, -0.1) is 12.4 Å². The first kappa shape index (κ1) is 19.4. The number of benzene rings is 1. The number of hydrogen-bond acceptors (Lipinski definition) is 5. The monoisotopic (exact) mass is 355 g/mol. The topological polar surface area (TPSA) is 120 Å². The maximum atomic E-state index is 12.4. The zero-order valence-corrected chi connectivity index (χ0v) is 14.0. The van der Waals surface area contributed by atoms with Gasteiger partial charge in [0.15, 0.2) is 0 Å². The average molecular weight is 356 g/mol. The van der Waals surface area contributed by atoms with Gasteiger partial charge in [-0.3, -0.25) is 19.9 Å². The number of rotatable bonds is 5. The lowest BCUT2D eigenvalue weighted by atomic mass is 9.91. The van der Waals surface area contributed by atoms with E-state index in [-0.39, 0.29) is 18.3 Å². The molecule has 2 rings (SSSR count). The summed E-state index contributed by atoms with van der Waals surface area (Å²) in [5.74, 6) is -1.88. The Morgan fingerprint density at radius 1 is 1.33 bits per heavy atom. The van der Waals surface area contributed by atoms with Crippen molar-refractivity contribution < 1.29 is 24.2 Å². The molecule has 0 spiro atoms. The van der Waals surface area contributed by atoms with E-state index in [0.29, 0.717) is 22.6 Å². The molecule has 1 aliphatic heterocycles. The predicted molar refractivity (Wildman–Crippen MR) is 87.4 cm³/mol. The van der Waals surface area contributed by atoms with E-state index >= 15 is 0 Å². The number of nitrogens with zero attached hydrogens (tertiary/aromatic N) is 1. The molecule has 0 saturated carbocycles. The van der Waals surface area contributed by atoms with E-state index in [9.17, 15) is 14.4 Å². The summed E-state index contributed by atoms with van der Waals surface area (Å²) in [5.41, 5.74) is -0.297. The fourth-order valence-corrected chi connectivity index (χ4v) is 2.35. The van der Waals surface area contributed by atoms with Crippen molar-refractivity contribution in [3.05, 3.63) is 35.4 Å². The second-order valence-corrected chi connectivity index (χ2v) is 5.18. The summed E-state index contributed by atoms with van der Waals surface area (Å²) in [4.78, 5) is 35.7. The maximum Gasteiger partial charge on any atom is 0.325 e. The number of aliphatic carboxylic acids is 1. The molecule has 1 unspecified atom stereocenters. The molecular weight excluding hydrogens is 338 g/mol. The Kier molecular flexibility index (Phi) is 5.92. The van der Waals surface area contributed by atoms with Crippen LogP contribution in [0.2, 0.25) is 0 Å². The number of carboxylic acid groups (broad SMARTS) is 1. The number of halogens is 1. The molecule has 0 radical (unpaired) electrons. The van der Waals surface area contributed by atoms with Gasteiger partial charge in [-0.05, 0) is 31.5 Å². The van der Waals surface area contributed by atoms with Crippen LogP contribution < -0.4 is 5.32 Å². The quantitative estimate of drug-likeness (QED) is 0.418. The summed E-state index contributed by atoms with van der Waals surface area (Å²) < 4.78 is 5.09. The molecule has 0 bridgehead atoms. The molecule has 1 aliphatic rings. The summed E-state index contributed by atoms with van der Waals surface area (Å²) in [7, 11) is 0. The van der Waals surface area contributed by atoms with Gasteiger partial charge in [0.25, 0.3) is 5.91 Å². The third-order valence-corrected chi connectivity index (χ3v) is 3.58. The van der Waals surface area contributed by atoms with Crippen LogP contribution in [0.5, 0.6) is 0 Å². The van der Waals surface area contributed by atoms with Crippen molar-refractivity contribution in [1.29, 1.82) is 5.41 Å². The molecule has 1 heterocycles.